The highest BCUT2D eigenvalue weighted by atomic mass is 32.1. The molecule has 5 heteroatoms. The number of ketones is 1. The molecular formula is C14H18N2O2S. The van der Waals surface area contributed by atoms with Gasteiger partial charge in [-0.2, -0.15) is 0 Å². The van der Waals surface area contributed by atoms with Gasteiger partial charge in [-0.15, -0.1) is 0 Å². The summed E-state index contributed by atoms with van der Waals surface area (Å²) < 4.78 is 0. The van der Waals surface area contributed by atoms with Gasteiger partial charge in [0.25, 0.3) is 0 Å². The van der Waals surface area contributed by atoms with Gasteiger partial charge in [0.15, 0.2) is 10.9 Å². The number of aromatic nitrogens is 1. The highest BCUT2D eigenvalue weighted by Gasteiger charge is 2.43. The minimum absolute atomic E-state index is 0.00965. The van der Waals surface area contributed by atoms with Gasteiger partial charge in [-0.05, 0) is 38.0 Å². The number of amides is 1. The molecule has 0 saturated heterocycles. The Labute approximate surface area is 116 Å². The molecule has 2 aliphatic carbocycles. The molecule has 2 fully saturated rings. The molecule has 4 nitrogen and oxygen atoms in total. The summed E-state index contributed by atoms with van der Waals surface area (Å²) in [5.74, 6) is 1.58. The molecule has 1 heterocycles. The Kier molecular flexibility index (Phi) is 3.17. The molecule has 0 aliphatic heterocycles. The minimum atomic E-state index is 0.00965. The fourth-order valence-electron chi connectivity index (χ4n) is 3.54. The largest absolute Gasteiger partial charge is 0.302 e. The number of rotatable bonds is 3. The molecule has 1 aromatic heterocycles. The number of fused-ring (bicyclic) bond motifs is 2. The summed E-state index contributed by atoms with van der Waals surface area (Å²) in [4.78, 5) is 28.6. The van der Waals surface area contributed by atoms with E-state index >= 15 is 0 Å². The summed E-state index contributed by atoms with van der Waals surface area (Å²) in [5, 5.41) is 3.47. The van der Waals surface area contributed by atoms with Gasteiger partial charge in [-0.3, -0.25) is 9.59 Å². The third kappa shape index (κ3) is 2.31. The third-order valence-electron chi connectivity index (χ3n) is 4.42. The molecule has 2 saturated carbocycles. The number of thiazole rings is 1. The molecule has 102 valence electrons. The lowest BCUT2D eigenvalue weighted by molar-refractivity contribution is -0.121. The van der Waals surface area contributed by atoms with E-state index < -0.39 is 0 Å². The first-order valence-corrected chi connectivity index (χ1v) is 7.65. The highest BCUT2D eigenvalue weighted by Crippen LogP contribution is 2.48. The summed E-state index contributed by atoms with van der Waals surface area (Å²) >= 11 is 1.28. The zero-order valence-corrected chi connectivity index (χ0v) is 12.0. The second-order valence-electron chi connectivity index (χ2n) is 5.76. The van der Waals surface area contributed by atoms with Crippen LogP contribution in [0.5, 0.6) is 0 Å². The zero-order chi connectivity index (χ0) is 13.6. The fraction of sp³-hybridized carbons (Fsp3) is 0.643. The van der Waals surface area contributed by atoms with Crippen molar-refractivity contribution in [2.24, 2.45) is 17.8 Å². The maximum atomic E-state index is 12.3. The van der Waals surface area contributed by atoms with Gasteiger partial charge in [0.1, 0.15) is 0 Å². The van der Waals surface area contributed by atoms with Crippen LogP contribution in [0.3, 0.4) is 0 Å². The van der Waals surface area contributed by atoms with Crippen LogP contribution in [0.4, 0.5) is 5.13 Å². The van der Waals surface area contributed by atoms with Gasteiger partial charge in [-0.1, -0.05) is 17.8 Å². The molecule has 0 unspecified atom stereocenters. The van der Waals surface area contributed by atoms with Crippen molar-refractivity contribution in [3.8, 4) is 0 Å². The molecule has 3 atom stereocenters. The minimum Gasteiger partial charge on any atom is -0.302 e. The Balaban J connectivity index is 1.70. The monoisotopic (exact) mass is 278 g/mol. The first-order valence-electron chi connectivity index (χ1n) is 6.84. The molecule has 3 rings (SSSR count). The van der Waals surface area contributed by atoms with E-state index in [1.54, 1.807) is 6.92 Å². The van der Waals surface area contributed by atoms with E-state index in [9.17, 15) is 9.59 Å². The van der Waals surface area contributed by atoms with Gasteiger partial charge in [0.2, 0.25) is 5.91 Å². The average Bonchev–Trinajstić information content (AvgIpc) is 3.03. The average molecular weight is 278 g/mol. The molecule has 1 N–H and O–H groups in total. The van der Waals surface area contributed by atoms with E-state index in [4.69, 9.17) is 0 Å². The van der Waals surface area contributed by atoms with Crippen molar-refractivity contribution in [2.75, 3.05) is 5.32 Å². The number of nitrogens with zero attached hydrogens (tertiary/aromatic N) is 1. The summed E-state index contributed by atoms with van der Waals surface area (Å²) in [5.41, 5.74) is 0.709. The van der Waals surface area contributed by atoms with E-state index in [1.165, 1.54) is 37.5 Å². The Hall–Kier alpha value is -1.23. The van der Waals surface area contributed by atoms with Crippen molar-refractivity contribution in [1.29, 1.82) is 0 Å². The van der Waals surface area contributed by atoms with E-state index in [0.717, 1.165) is 12.3 Å². The van der Waals surface area contributed by atoms with Gasteiger partial charge in [-0.25, -0.2) is 4.98 Å². The number of anilines is 1. The van der Waals surface area contributed by atoms with Crippen molar-refractivity contribution in [2.45, 2.75) is 39.5 Å². The van der Waals surface area contributed by atoms with Crippen LogP contribution in [-0.4, -0.2) is 16.7 Å². The Bertz CT molecular complexity index is 538. The quantitative estimate of drug-likeness (QED) is 0.865. The smallest absolute Gasteiger partial charge is 0.229 e. The molecule has 1 amide bonds. The van der Waals surface area contributed by atoms with Crippen molar-refractivity contribution in [1.82, 2.24) is 4.98 Å². The number of nitrogens with one attached hydrogen (secondary N) is 1. The lowest BCUT2D eigenvalue weighted by Gasteiger charge is -2.19. The number of hydrogen-bond donors (Lipinski definition) is 1. The van der Waals surface area contributed by atoms with Crippen molar-refractivity contribution in [3.63, 3.8) is 0 Å². The molecule has 2 bridgehead atoms. The van der Waals surface area contributed by atoms with Crippen LogP contribution >= 0.6 is 11.3 Å². The van der Waals surface area contributed by atoms with Gasteiger partial charge >= 0.3 is 0 Å². The molecule has 0 aromatic carbocycles. The van der Waals surface area contributed by atoms with Gasteiger partial charge in [0.05, 0.1) is 10.6 Å². The number of carbonyl (C=O) groups is 2. The highest BCUT2D eigenvalue weighted by molar-refractivity contribution is 7.17. The summed E-state index contributed by atoms with van der Waals surface area (Å²) in [6.45, 7) is 3.34. The van der Waals surface area contributed by atoms with Crippen molar-refractivity contribution < 1.29 is 9.59 Å². The molecular weight excluding hydrogens is 260 g/mol. The number of hydrogen-bond acceptors (Lipinski definition) is 4. The lowest BCUT2D eigenvalue weighted by Crippen LogP contribution is -2.27. The molecule has 0 radical (unpaired) electrons. The van der Waals surface area contributed by atoms with E-state index in [-0.39, 0.29) is 17.6 Å². The van der Waals surface area contributed by atoms with Crippen molar-refractivity contribution >= 4 is 28.2 Å². The maximum absolute atomic E-state index is 12.3. The SMILES string of the molecule is CC(=O)c1sc(NC(=O)[C@@H]2C[C@H]3CC[C@@H]2C3)nc1C. The van der Waals surface area contributed by atoms with E-state index in [0.29, 0.717) is 21.6 Å². The Morgan fingerprint density at radius 3 is 2.63 bits per heavy atom. The van der Waals surface area contributed by atoms with Crippen LogP contribution in [0.2, 0.25) is 0 Å². The number of Topliss-reactive ketones (excluding diaryl/α,β-unsaturated/α-hetero) is 1. The standard InChI is InChI=1S/C14H18N2O2S/c1-7-12(8(2)17)19-14(15-7)16-13(18)11-6-9-3-4-10(11)5-9/h9-11H,3-6H2,1-2H3,(H,15,16,18)/t9-,10+,11+/m0/s1. The molecule has 2 aliphatic rings. The molecule has 1 aromatic rings. The Morgan fingerprint density at radius 2 is 2.11 bits per heavy atom. The van der Waals surface area contributed by atoms with Gasteiger partial charge < -0.3 is 5.32 Å². The lowest BCUT2D eigenvalue weighted by atomic mass is 9.88. The Morgan fingerprint density at radius 1 is 1.32 bits per heavy atom. The predicted molar refractivity (Wildman–Crippen MR) is 74.4 cm³/mol. The summed E-state index contributed by atoms with van der Waals surface area (Å²) in [7, 11) is 0. The van der Waals surface area contributed by atoms with Crippen LogP contribution in [0.25, 0.3) is 0 Å². The first kappa shape index (κ1) is 12.8. The molecule has 0 spiro atoms. The van der Waals surface area contributed by atoms with Crippen LogP contribution in [-0.2, 0) is 4.79 Å². The first-order chi connectivity index (χ1) is 9.04. The van der Waals surface area contributed by atoms with Crippen LogP contribution in [0.1, 0.15) is 48.0 Å². The fourth-order valence-corrected chi connectivity index (χ4v) is 4.41. The summed E-state index contributed by atoms with van der Waals surface area (Å²) in [6, 6.07) is 0. The summed E-state index contributed by atoms with van der Waals surface area (Å²) in [6.07, 6.45) is 4.73. The normalized spacial score (nSPS) is 28.6. The maximum Gasteiger partial charge on any atom is 0.229 e. The number of aryl methyl sites for hydroxylation is 1. The molecule has 19 heavy (non-hydrogen) atoms. The van der Waals surface area contributed by atoms with E-state index in [2.05, 4.69) is 10.3 Å². The van der Waals surface area contributed by atoms with Crippen molar-refractivity contribution in [3.05, 3.63) is 10.6 Å². The second kappa shape index (κ2) is 4.71. The van der Waals surface area contributed by atoms with Gasteiger partial charge in [0, 0.05) is 12.8 Å². The second-order valence-corrected chi connectivity index (χ2v) is 6.76. The van der Waals surface area contributed by atoms with Crippen LogP contribution in [0.15, 0.2) is 0 Å². The van der Waals surface area contributed by atoms with Crippen LogP contribution < -0.4 is 5.32 Å². The van der Waals surface area contributed by atoms with E-state index in [1.807, 2.05) is 0 Å². The number of carbonyl (C=O) groups excluding carboxylic acids is 2. The topological polar surface area (TPSA) is 59.1 Å². The third-order valence-corrected chi connectivity index (χ3v) is 5.60. The predicted octanol–water partition coefficient (Wildman–Crippen LogP) is 3.03. The zero-order valence-electron chi connectivity index (χ0n) is 11.2. The van der Waals surface area contributed by atoms with Crippen LogP contribution in [0, 0.1) is 24.7 Å².